The van der Waals surface area contributed by atoms with Crippen molar-refractivity contribution in [2.45, 2.75) is 49.9 Å². The van der Waals surface area contributed by atoms with Crippen molar-refractivity contribution in [2.24, 2.45) is 17.6 Å². The fourth-order valence-corrected chi connectivity index (χ4v) is 6.06. The summed E-state index contributed by atoms with van der Waals surface area (Å²) in [5.41, 5.74) is 5.23. The SMILES string of the molecule is NCCN(C[C@H]1CC[C@@H]2[C@H](O1)c1cc(C(F)(F)F)ccc1N[C@H]2C1C=CC=CC1)C(=O)c1ccc(C(F)(F)F)cc1. The highest BCUT2D eigenvalue weighted by atomic mass is 19.4. The molecule has 2 heterocycles. The maximum absolute atomic E-state index is 13.6. The molecule has 1 saturated heterocycles. The van der Waals surface area contributed by atoms with Crippen molar-refractivity contribution in [3.8, 4) is 0 Å². The Hall–Kier alpha value is -3.31. The quantitative estimate of drug-likeness (QED) is 0.379. The lowest BCUT2D eigenvalue weighted by Gasteiger charge is -2.48. The third kappa shape index (κ3) is 6.30. The number of halogens is 6. The number of ether oxygens (including phenoxy) is 1. The molecule has 1 amide bonds. The second-order valence-corrected chi connectivity index (χ2v) is 10.7. The molecular weight excluding hydrogens is 548 g/mol. The van der Waals surface area contributed by atoms with Crippen LogP contribution in [-0.2, 0) is 17.1 Å². The van der Waals surface area contributed by atoms with Gasteiger partial charge in [0.1, 0.15) is 0 Å². The number of carbonyl (C=O) groups excluding carboxylic acids is 1. The number of fused-ring (bicyclic) bond motifs is 3. The Morgan fingerprint density at radius 1 is 0.976 bits per heavy atom. The van der Waals surface area contributed by atoms with Gasteiger partial charge in [-0.05, 0) is 61.7 Å². The lowest BCUT2D eigenvalue weighted by molar-refractivity contribution is -0.138. The summed E-state index contributed by atoms with van der Waals surface area (Å²) in [6, 6.07) is 7.57. The van der Waals surface area contributed by atoms with Crippen molar-refractivity contribution in [1.82, 2.24) is 4.90 Å². The van der Waals surface area contributed by atoms with E-state index < -0.39 is 41.6 Å². The van der Waals surface area contributed by atoms with E-state index in [1.807, 2.05) is 12.2 Å². The van der Waals surface area contributed by atoms with Crippen LogP contribution in [0, 0.1) is 11.8 Å². The summed E-state index contributed by atoms with van der Waals surface area (Å²) in [4.78, 5) is 14.7. The smallest absolute Gasteiger partial charge is 0.381 e. The van der Waals surface area contributed by atoms with E-state index in [2.05, 4.69) is 17.5 Å². The molecule has 5 rings (SSSR count). The molecule has 5 nitrogen and oxygen atoms in total. The minimum atomic E-state index is -4.52. The molecule has 2 aromatic rings. The monoisotopic (exact) mass is 579 g/mol. The van der Waals surface area contributed by atoms with E-state index in [-0.39, 0.29) is 43.1 Å². The normalized spacial score (nSPS) is 25.7. The second-order valence-electron chi connectivity index (χ2n) is 10.7. The first kappa shape index (κ1) is 29.2. The summed E-state index contributed by atoms with van der Waals surface area (Å²) in [5, 5.41) is 3.48. The van der Waals surface area contributed by atoms with Gasteiger partial charge >= 0.3 is 12.4 Å². The summed E-state index contributed by atoms with van der Waals surface area (Å²) >= 11 is 0. The topological polar surface area (TPSA) is 67.6 Å². The number of rotatable bonds is 6. The predicted molar refractivity (Wildman–Crippen MR) is 142 cm³/mol. The van der Waals surface area contributed by atoms with E-state index in [1.54, 1.807) is 0 Å². The van der Waals surface area contributed by atoms with E-state index in [0.29, 0.717) is 24.1 Å². The Bertz CT molecular complexity index is 1300. The lowest BCUT2D eigenvalue weighted by Crippen LogP contribution is -2.49. The molecule has 1 aliphatic carbocycles. The molecule has 1 unspecified atom stereocenters. The van der Waals surface area contributed by atoms with Gasteiger partial charge in [-0.1, -0.05) is 24.3 Å². The Labute approximate surface area is 234 Å². The first-order valence-corrected chi connectivity index (χ1v) is 13.6. The van der Waals surface area contributed by atoms with Crippen LogP contribution in [0.2, 0.25) is 0 Å². The zero-order valence-electron chi connectivity index (χ0n) is 22.1. The van der Waals surface area contributed by atoms with E-state index in [0.717, 1.165) is 42.8 Å². The van der Waals surface area contributed by atoms with Gasteiger partial charge in [0.2, 0.25) is 0 Å². The highest BCUT2D eigenvalue weighted by Crippen LogP contribution is 2.49. The average molecular weight is 580 g/mol. The number of nitrogens with two attached hydrogens (primary N) is 1. The summed E-state index contributed by atoms with van der Waals surface area (Å²) in [7, 11) is 0. The fraction of sp³-hybridized carbons (Fsp3) is 0.433. The Morgan fingerprint density at radius 3 is 2.32 bits per heavy atom. The molecule has 0 spiro atoms. The van der Waals surface area contributed by atoms with Crippen molar-refractivity contribution in [2.75, 3.05) is 25.0 Å². The Morgan fingerprint density at radius 2 is 1.68 bits per heavy atom. The molecule has 2 aromatic carbocycles. The molecule has 0 bridgehead atoms. The highest BCUT2D eigenvalue weighted by Gasteiger charge is 2.45. The first-order chi connectivity index (χ1) is 19.5. The summed E-state index contributed by atoms with van der Waals surface area (Å²) in [6.45, 7) is 0.376. The van der Waals surface area contributed by atoms with Crippen molar-refractivity contribution >= 4 is 11.6 Å². The van der Waals surface area contributed by atoms with Gasteiger partial charge in [-0.15, -0.1) is 0 Å². The van der Waals surface area contributed by atoms with Crippen LogP contribution in [0.15, 0.2) is 66.8 Å². The van der Waals surface area contributed by atoms with Crippen LogP contribution in [0.1, 0.15) is 52.4 Å². The van der Waals surface area contributed by atoms with E-state index in [9.17, 15) is 31.1 Å². The third-order valence-electron chi connectivity index (χ3n) is 8.06. The fourth-order valence-electron chi connectivity index (χ4n) is 6.06. The Balaban J connectivity index is 1.39. The molecule has 11 heteroatoms. The van der Waals surface area contributed by atoms with Gasteiger partial charge in [0, 0.05) is 54.3 Å². The highest BCUT2D eigenvalue weighted by molar-refractivity contribution is 5.94. The van der Waals surface area contributed by atoms with Gasteiger partial charge in [-0.3, -0.25) is 4.79 Å². The van der Waals surface area contributed by atoms with Gasteiger partial charge < -0.3 is 20.7 Å². The molecule has 5 atom stereocenters. The zero-order chi connectivity index (χ0) is 29.4. The van der Waals surface area contributed by atoms with Gasteiger partial charge in [0.05, 0.1) is 23.3 Å². The van der Waals surface area contributed by atoms with Crippen molar-refractivity contribution in [1.29, 1.82) is 0 Å². The molecule has 1 fully saturated rings. The van der Waals surface area contributed by atoms with E-state index in [1.165, 1.54) is 11.0 Å². The van der Waals surface area contributed by atoms with Gasteiger partial charge in [-0.25, -0.2) is 0 Å². The number of hydrogen-bond donors (Lipinski definition) is 2. The molecular formula is C30H31F6N3O2. The van der Waals surface area contributed by atoms with E-state index in [4.69, 9.17) is 10.5 Å². The number of alkyl halides is 6. The molecule has 220 valence electrons. The summed E-state index contributed by atoms with van der Waals surface area (Å²) < 4.78 is 86.3. The molecule has 0 aromatic heterocycles. The zero-order valence-corrected chi connectivity index (χ0v) is 22.1. The third-order valence-corrected chi connectivity index (χ3v) is 8.06. The van der Waals surface area contributed by atoms with Gasteiger partial charge in [-0.2, -0.15) is 26.3 Å². The minimum Gasteiger partial charge on any atom is -0.381 e. The number of benzene rings is 2. The largest absolute Gasteiger partial charge is 0.416 e. The van der Waals surface area contributed by atoms with Crippen LogP contribution in [0.4, 0.5) is 32.0 Å². The number of hydrogen-bond acceptors (Lipinski definition) is 4. The van der Waals surface area contributed by atoms with Crippen molar-refractivity contribution in [3.05, 3.63) is 89.0 Å². The van der Waals surface area contributed by atoms with Crippen molar-refractivity contribution < 1.29 is 35.9 Å². The van der Waals surface area contributed by atoms with Crippen LogP contribution in [-0.4, -0.2) is 42.6 Å². The molecule has 0 radical (unpaired) electrons. The Kier molecular flexibility index (Phi) is 8.20. The molecule has 41 heavy (non-hydrogen) atoms. The number of nitrogens with one attached hydrogen (secondary N) is 1. The standard InChI is InChI=1S/C30H31F6N3O2/c31-29(32,33)20-8-6-19(7-9-20)28(40)39(15-14-37)17-22-11-12-23-26(18-4-2-1-3-5-18)38-25-13-10-21(30(34,35)36)16-24(25)27(23)41-22/h1-4,6-10,13,16,18,22-23,26-27,38H,5,11-12,14-15,17,37H2/t18?,22-,23+,26+,27+/m1/s1. The minimum absolute atomic E-state index is 0.0553. The van der Waals surface area contributed by atoms with E-state index >= 15 is 0 Å². The molecule has 0 saturated carbocycles. The van der Waals surface area contributed by atoms with Gasteiger partial charge in [0.25, 0.3) is 5.91 Å². The lowest BCUT2D eigenvalue weighted by atomic mass is 9.73. The maximum atomic E-state index is 13.6. The van der Waals surface area contributed by atoms with Crippen LogP contribution in [0.3, 0.4) is 0 Å². The second kappa shape index (κ2) is 11.5. The molecule has 2 aliphatic heterocycles. The summed E-state index contributed by atoms with van der Waals surface area (Å²) in [6.07, 6.45) is -0.0604. The number of carbonyl (C=O) groups is 1. The van der Waals surface area contributed by atoms with Crippen LogP contribution < -0.4 is 11.1 Å². The first-order valence-electron chi connectivity index (χ1n) is 13.6. The molecule has 3 N–H and O–H groups in total. The number of allylic oxidation sites excluding steroid dienone is 3. The average Bonchev–Trinajstić information content (AvgIpc) is 2.95. The van der Waals surface area contributed by atoms with Gasteiger partial charge in [0.15, 0.2) is 0 Å². The summed E-state index contributed by atoms with van der Waals surface area (Å²) in [5.74, 6) is -0.452. The van der Waals surface area contributed by atoms with Crippen LogP contribution in [0.5, 0.6) is 0 Å². The van der Waals surface area contributed by atoms with Crippen molar-refractivity contribution in [3.63, 3.8) is 0 Å². The predicted octanol–water partition coefficient (Wildman–Crippen LogP) is 6.59. The van der Waals surface area contributed by atoms with Crippen LogP contribution >= 0.6 is 0 Å². The molecule has 3 aliphatic rings. The number of amides is 1. The maximum Gasteiger partial charge on any atom is 0.416 e. The number of nitrogens with zero attached hydrogens (tertiary/aromatic N) is 1. The van der Waals surface area contributed by atoms with Crippen LogP contribution in [0.25, 0.3) is 0 Å². The number of anilines is 1.